The summed E-state index contributed by atoms with van der Waals surface area (Å²) in [5, 5.41) is 15.2. The van der Waals surface area contributed by atoms with E-state index in [1.165, 1.54) is 0 Å². The predicted molar refractivity (Wildman–Crippen MR) is 145 cm³/mol. The third kappa shape index (κ3) is 7.74. The maximum atomic E-state index is 12.5. The number of nitrogens with one attached hydrogen (secondary N) is 2. The molecule has 0 spiro atoms. The molecule has 7 heteroatoms. The zero-order valence-corrected chi connectivity index (χ0v) is 21.2. The Bertz CT molecular complexity index is 1150. The van der Waals surface area contributed by atoms with Crippen LogP contribution in [0.4, 0.5) is 10.5 Å². The van der Waals surface area contributed by atoms with Crippen molar-refractivity contribution in [1.82, 2.24) is 10.2 Å². The first-order valence-electron chi connectivity index (χ1n) is 12.5. The lowest BCUT2D eigenvalue weighted by molar-refractivity contribution is -0.252. The van der Waals surface area contributed by atoms with Crippen LogP contribution in [0.15, 0.2) is 91.5 Å². The van der Waals surface area contributed by atoms with Crippen molar-refractivity contribution in [2.45, 2.75) is 38.1 Å². The first kappa shape index (κ1) is 26.6. The molecule has 1 aliphatic rings. The van der Waals surface area contributed by atoms with Crippen LogP contribution < -0.4 is 10.6 Å². The van der Waals surface area contributed by atoms with Gasteiger partial charge in [-0.3, -0.25) is 0 Å². The van der Waals surface area contributed by atoms with E-state index in [1.54, 1.807) is 0 Å². The second-order valence-electron chi connectivity index (χ2n) is 9.28. The number of likely N-dealkylation sites (N-methyl/N-ethyl adjacent to an activating group) is 1. The predicted octanol–water partition coefficient (Wildman–Crippen LogP) is 5.16. The summed E-state index contributed by atoms with van der Waals surface area (Å²) in [7, 11) is 2.04. The van der Waals surface area contributed by atoms with Crippen LogP contribution in [0.2, 0.25) is 0 Å². The molecular weight excluding hydrogens is 466 g/mol. The fourth-order valence-corrected chi connectivity index (χ4v) is 4.39. The van der Waals surface area contributed by atoms with E-state index >= 15 is 0 Å². The lowest BCUT2D eigenvalue weighted by Crippen LogP contribution is -2.37. The van der Waals surface area contributed by atoms with Gasteiger partial charge in [0.1, 0.15) is 0 Å². The van der Waals surface area contributed by atoms with Crippen molar-refractivity contribution in [2.75, 3.05) is 25.5 Å². The maximum absolute atomic E-state index is 12.5. The zero-order valence-electron chi connectivity index (χ0n) is 21.2. The van der Waals surface area contributed by atoms with E-state index in [0.29, 0.717) is 18.7 Å². The van der Waals surface area contributed by atoms with Crippen molar-refractivity contribution >= 4 is 11.7 Å². The summed E-state index contributed by atoms with van der Waals surface area (Å²) in [6.45, 7) is 5.77. The smallest absolute Gasteiger partial charge is 0.319 e. The average molecular weight is 502 g/mol. The molecule has 3 aromatic carbocycles. The minimum absolute atomic E-state index is 0.00519. The van der Waals surface area contributed by atoms with Crippen molar-refractivity contribution < 1.29 is 19.4 Å². The number of amides is 2. The number of aliphatic hydroxyl groups excluding tert-OH is 1. The quantitative estimate of drug-likeness (QED) is 0.334. The number of hydrogen-bond acceptors (Lipinski definition) is 5. The van der Waals surface area contributed by atoms with Gasteiger partial charge >= 0.3 is 6.03 Å². The summed E-state index contributed by atoms with van der Waals surface area (Å²) in [6.07, 6.45) is 1.76. The maximum Gasteiger partial charge on any atom is 0.319 e. The molecule has 4 rings (SSSR count). The lowest BCUT2D eigenvalue weighted by Gasteiger charge is -2.37. The topological polar surface area (TPSA) is 83.1 Å². The van der Waals surface area contributed by atoms with Crippen molar-refractivity contribution in [1.29, 1.82) is 0 Å². The highest BCUT2D eigenvalue weighted by Gasteiger charge is 2.32. The number of nitrogens with zero attached hydrogens (tertiary/aromatic N) is 1. The Morgan fingerprint density at radius 1 is 1.03 bits per heavy atom. The molecule has 0 bridgehead atoms. The standard InChI is InChI=1S/C30H35N3O4/c1-3-16-33(2)20-27-18-28(24-14-12-23(21-34)13-15-24)37-29(36-27)25-10-7-11-26(17-25)32-30(35)31-19-22-8-5-4-6-9-22/h3-15,17,27-29,34H,1,16,18-21H2,2H3,(H2,31,32,35)/t27-,28+,29+/m0/s1. The molecule has 7 nitrogen and oxygen atoms in total. The van der Waals surface area contributed by atoms with E-state index in [-0.39, 0.29) is 24.8 Å². The van der Waals surface area contributed by atoms with Crippen molar-refractivity contribution in [3.8, 4) is 0 Å². The van der Waals surface area contributed by atoms with E-state index in [9.17, 15) is 9.90 Å². The van der Waals surface area contributed by atoms with Crippen LogP contribution in [0.1, 0.15) is 41.1 Å². The van der Waals surface area contributed by atoms with Crippen LogP contribution in [-0.4, -0.2) is 42.3 Å². The molecule has 3 atom stereocenters. The molecule has 0 aromatic heterocycles. The molecule has 3 N–H and O–H groups in total. The highest BCUT2D eigenvalue weighted by atomic mass is 16.7. The number of aliphatic hydroxyl groups is 1. The van der Waals surface area contributed by atoms with Crippen LogP contribution in [0.25, 0.3) is 0 Å². The van der Waals surface area contributed by atoms with E-state index in [0.717, 1.165) is 35.3 Å². The van der Waals surface area contributed by atoms with Gasteiger partial charge in [0.2, 0.25) is 0 Å². The number of hydrogen-bond donors (Lipinski definition) is 3. The number of carbonyl (C=O) groups excluding carboxylic acids is 1. The van der Waals surface area contributed by atoms with E-state index in [2.05, 4.69) is 22.1 Å². The Hall–Kier alpha value is -3.49. The van der Waals surface area contributed by atoms with Gasteiger partial charge in [-0.05, 0) is 35.9 Å². The Labute approximate surface area is 218 Å². The van der Waals surface area contributed by atoms with E-state index < -0.39 is 6.29 Å². The third-order valence-electron chi connectivity index (χ3n) is 6.28. The molecule has 1 fully saturated rings. The summed E-state index contributed by atoms with van der Waals surface area (Å²) >= 11 is 0. The van der Waals surface area contributed by atoms with E-state index in [1.807, 2.05) is 92.0 Å². The Morgan fingerprint density at radius 2 is 1.81 bits per heavy atom. The summed E-state index contributed by atoms with van der Waals surface area (Å²) in [6, 6.07) is 24.9. The molecule has 0 saturated carbocycles. The molecular formula is C30H35N3O4. The van der Waals surface area contributed by atoms with Crippen molar-refractivity contribution in [3.05, 3.63) is 114 Å². The number of carbonyl (C=O) groups is 1. The van der Waals surface area contributed by atoms with Gasteiger partial charge in [0.05, 0.1) is 18.8 Å². The minimum Gasteiger partial charge on any atom is -0.392 e. The second-order valence-corrected chi connectivity index (χ2v) is 9.28. The van der Waals surface area contributed by atoms with Gasteiger partial charge in [0.15, 0.2) is 6.29 Å². The van der Waals surface area contributed by atoms with Crippen LogP contribution in [0, 0.1) is 0 Å². The number of urea groups is 1. The average Bonchev–Trinajstić information content (AvgIpc) is 2.92. The van der Waals surface area contributed by atoms with Crippen molar-refractivity contribution in [2.24, 2.45) is 0 Å². The van der Waals surface area contributed by atoms with Crippen LogP contribution in [-0.2, 0) is 22.6 Å². The highest BCUT2D eigenvalue weighted by molar-refractivity contribution is 5.89. The molecule has 194 valence electrons. The molecule has 3 aromatic rings. The fraction of sp³-hybridized carbons (Fsp3) is 0.300. The monoisotopic (exact) mass is 501 g/mol. The van der Waals surface area contributed by atoms with Gasteiger partial charge in [-0.15, -0.1) is 6.58 Å². The van der Waals surface area contributed by atoms with Crippen LogP contribution in [0.5, 0.6) is 0 Å². The molecule has 0 aliphatic carbocycles. The number of anilines is 1. The number of ether oxygens (including phenoxy) is 2. The first-order chi connectivity index (χ1) is 18.0. The lowest BCUT2D eigenvalue weighted by atomic mass is 9.99. The molecule has 2 amide bonds. The SMILES string of the molecule is C=CCN(C)C[C@@H]1C[C@H](c2ccc(CO)cc2)O[C@H](c2cccc(NC(=O)NCc3ccccc3)c2)O1. The van der Waals surface area contributed by atoms with Crippen LogP contribution >= 0.6 is 0 Å². The molecule has 1 saturated heterocycles. The van der Waals surface area contributed by atoms with Gasteiger partial charge in [-0.2, -0.15) is 0 Å². The summed E-state index contributed by atoms with van der Waals surface area (Å²) in [5.74, 6) is 0. The van der Waals surface area contributed by atoms with Gasteiger partial charge in [-0.25, -0.2) is 4.79 Å². The van der Waals surface area contributed by atoms with Gasteiger partial charge < -0.3 is 30.1 Å². The van der Waals surface area contributed by atoms with Gasteiger partial charge in [-0.1, -0.05) is 72.8 Å². The van der Waals surface area contributed by atoms with Crippen LogP contribution in [0.3, 0.4) is 0 Å². The molecule has 0 radical (unpaired) electrons. The molecule has 0 unspecified atom stereocenters. The zero-order chi connectivity index (χ0) is 26.0. The van der Waals surface area contributed by atoms with Crippen molar-refractivity contribution in [3.63, 3.8) is 0 Å². The Kier molecular flexibility index (Phi) is 9.46. The number of rotatable bonds is 10. The van der Waals surface area contributed by atoms with E-state index in [4.69, 9.17) is 9.47 Å². The normalized spacial score (nSPS) is 19.4. The molecule has 1 aliphatic heterocycles. The Balaban J connectivity index is 1.46. The first-order valence-corrected chi connectivity index (χ1v) is 12.5. The molecule has 37 heavy (non-hydrogen) atoms. The number of benzene rings is 3. The largest absolute Gasteiger partial charge is 0.392 e. The summed E-state index contributed by atoms with van der Waals surface area (Å²) < 4.78 is 12.8. The van der Waals surface area contributed by atoms with Gasteiger partial charge in [0, 0.05) is 37.3 Å². The summed E-state index contributed by atoms with van der Waals surface area (Å²) in [5.41, 5.74) is 4.41. The third-order valence-corrected chi connectivity index (χ3v) is 6.28. The Morgan fingerprint density at radius 3 is 2.54 bits per heavy atom. The second kappa shape index (κ2) is 13.2. The molecule has 1 heterocycles. The fourth-order valence-electron chi connectivity index (χ4n) is 4.39. The summed E-state index contributed by atoms with van der Waals surface area (Å²) in [4.78, 5) is 14.6. The minimum atomic E-state index is -0.590. The van der Waals surface area contributed by atoms with Gasteiger partial charge in [0.25, 0.3) is 0 Å². The highest BCUT2D eigenvalue weighted by Crippen LogP contribution is 2.38.